The van der Waals surface area contributed by atoms with Gasteiger partial charge in [0.1, 0.15) is 10.9 Å². The summed E-state index contributed by atoms with van der Waals surface area (Å²) in [6, 6.07) is 6.92. The monoisotopic (exact) mass is 532 g/mol. The predicted octanol–water partition coefficient (Wildman–Crippen LogP) is 5.08. The van der Waals surface area contributed by atoms with Gasteiger partial charge in [-0.15, -0.1) is 0 Å². The number of ether oxygens (including phenoxy) is 1. The van der Waals surface area contributed by atoms with E-state index >= 15 is 0 Å². The predicted molar refractivity (Wildman–Crippen MR) is 128 cm³/mol. The highest BCUT2D eigenvalue weighted by molar-refractivity contribution is 7.88. The second-order valence-electron chi connectivity index (χ2n) is 9.42. The second-order valence-corrected chi connectivity index (χ2v) is 11.1. The van der Waals surface area contributed by atoms with Gasteiger partial charge >= 0.3 is 0 Å². The van der Waals surface area contributed by atoms with Crippen LogP contribution in [0.4, 0.5) is 8.96 Å². The molecule has 1 aliphatic rings. The molecule has 1 saturated carbocycles. The third kappa shape index (κ3) is 4.80. The molecule has 3 heterocycles. The number of benzene rings is 1. The number of hydrogen-bond acceptors (Lipinski definition) is 8. The Morgan fingerprint density at radius 2 is 1.81 bits per heavy atom. The zero-order chi connectivity index (χ0) is 26.3. The molecule has 5 rings (SSSR count). The lowest BCUT2D eigenvalue weighted by molar-refractivity contribution is -0.0538. The maximum atomic E-state index is 12.7. The second kappa shape index (κ2) is 9.78. The normalized spacial score (nSPS) is 18.7. The first-order valence-corrected chi connectivity index (χ1v) is 13.4. The molecule has 0 unspecified atom stereocenters. The van der Waals surface area contributed by atoms with Crippen LogP contribution in [-0.4, -0.2) is 44.0 Å². The summed E-state index contributed by atoms with van der Waals surface area (Å²) in [4.78, 5) is 8.47. The van der Waals surface area contributed by atoms with Crippen molar-refractivity contribution in [2.24, 2.45) is 0 Å². The Balaban J connectivity index is 1.34. The van der Waals surface area contributed by atoms with Crippen LogP contribution < -0.4 is 4.74 Å². The van der Waals surface area contributed by atoms with Gasteiger partial charge in [-0.2, -0.15) is 14.6 Å². The molecule has 0 amide bonds. The molecule has 3 aromatic heterocycles. The molecule has 0 aliphatic heterocycles. The summed E-state index contributed by atoms with van der Waals surface area (Å²) >= 11 is 0. The van der Waals surface area contributed by atoms with Gasteiger partial charge in [-0.1, -0.05) is 40.1 Å². The SMILES string of the molecule is Cc1nn2c(OC3CCC(c4nc(C(C)C)no4)CC3)ccnc2c1-c1ccc(S(=O)(=O)N(F)F)cc1. The van der Waals surface area contributed by atoms with Crippen LogP contribution in [0.1, 0.15) is 68.8 Å². The van der Waals surface area contributed by atoms with Crippen molar-refractivity contribution in [3.63, 3.8) is 0 Å². The Kier molecular flexibility index (Phi) is 6.67. The van der Waals surface area contributed by atoms with E-state index in [9.17, 15) is 17.4 Å². The van der Waals surface area contributed by atoms with Gasteiger partial charge in [0.25, 0.3) is 10.0 Å². The standard InChI is InChI=1S/C24H26F2N6O4S/c1-14(2)22-28-24(36-30-22)17-4-8-18(9-5-17)35-20-12-13-27-23-21(15(3)29-31(20)23)16-6-10-19(11-7-16)37(33,34)32(25)26/h6-7,10-14,17-18H,4-5,8-9H2,1-3H3. The van der Waals surface area contributed by atoms with Crippen LogP contribution in [0.3, 0.4) is 0 Å². The van der Waals surface area contributed by atoms with Crippen molar-refractivity contribution in [2.75, 3.05) is 0 Å². The van der Waals surface area contributed by atoms with E-state index < -0.39 is 19.7 Å². The molecule has 196 valence electrons. The fourth-order valence-electron chi connectivity index (χ4n) is 4.58. The number of fused-ring (bicyclic) bond motifs is 1. The highest BCUT2D eigenvalue weighted by atomic mass is 32.2. The third-order valence-electron chi connectivity index (χ3n) is 6.57. The Bertz CT molecular complexity index is 1510. The van der Waals surface area contributed by atoms with Gasteiger partial charge in [-0.25, -0.2) is 13.4 Å². The van der Waals surface area contributed by atoms with Crippen molar-refractivity contribution in [3.05, 3.63) is 53.9 Å². The van der Waals surface area contributed by atoms with E-state index in [-0.39, 0.29) is 17.9 Å². The molecule has 0 atom stereocenters. The maximum Gasteiger partial charge on any atom is 0.297 e. The summed E-state index contributed by atoms with van der Waals surface area (Å²) in [7, 11) is -4.83. The molecule has 4 aromatic rings. The number of rotatable bonds is 7. The highest BCUT2D eigenvalue weighted by Crippen LogP contribution is 2.35. The number of aryl methyl sites for hydroxylation is 1. The Labute approximate surface area is 212 Å². The summed E-state index contributed by atoms with van der Waals surface area (Å²) < 4.78 is 60.4. The molecule has 0 spiro atoms. The lowest BCUT2D eigenvalue weighted by atomic mass is 9.87. The van der Waals surface area contributed by atoms with E-state index in [0.717, 1.165) is 43.6 Å². The van der Waals surface area contributed by atoms with Crippen LogP contribution in [0.5, 0.6) is 5.88 Å². The molecule has 0 bridgehead atoms. The largest absolute Gasteiger partial charge is 0.474 e. The molecule has 1 aliphatic carbocycles. The van der Waals surface area contributed by atoms with E-state index in [1.165, 1.54) is 12.1 Å². The first-order valence-electron chi connectivity index (χ1n) is 12.0. The van der Waals surface area contributed by atoms with Gasteiger partial charge in [0.05, 0.1) is 10.6 Å². The Morgan fingerprint density at radius 3 is 2.43 bits per heavy atom. The minimum absolute atomic E-state index is 0.0175. The first-order chi connectivity index (χ1) is 17.6. The number of aromatic nitrogens is 5. The summed E-state index contributed by atoms with van der Waals surface area (Å²) in [5, 5.41) is 8.66. The van der Waals surface area contributed by atoms with Crippen LogP contribution in [-0.2, 0) is 10.0 Å². The van der Waals surface area contributed by atoms with Crippen molar-refractivity contribution in [1.82, 2.24) is 29.5 Å². The molecule has 1 aromatic carbocycles. The number of hydrogen-bond donors (Lipinski definition) is 0. The molecular formula is C24H26F2N6O4S. The third-order valence-corrected chi connectivity index (χ3v) is 7.80. The van der Waals surface area contributed by atoms with Crippen LogP contribution in [0.2, 0.25) is 0 Å². The van der Waals surface area contributed by atoms with E-state index in [4.69, 9.17) is 9.26 Å². The van der Waals surface area contributed by atoms with Crippen molar-refractivity contribution in [3.8, 4) is 17.0 Å². The minimum Gasteiger partial charge on any atom is -0.474 e. The minimum atomic E-state index is -4.83. The molecule has 0 saturated heterocycles. The zero-order valence-electron chi connectivity index (χ0n) is 20.5. The van der Waals surface area contributed by atoms with E-state index in [0.29, 0.717) is 34.2 Å². The molecule has 0 N–H and O–H groups in total. The van der Waals surface area contributed by atoms with Gasteiger partial charge in [0, 0.05) is 29.7 Å². The Morgan fingerprint density at radius 1 is 1.11 bits per heavy atom. The van der Waals surface area contributed by atoms with Crippen LogP contribution >= 0.6 is 0 Å². The quantitative estimate of drug-likeness (QED) is 0.303. The fourth-order valence-corrected chi connectivity index (χ4v) is 5.22. The molecule has 10 nitrogen and oxygen atoms in total. The number of sulfonamides is 1. The summed E-state index contributed by atoms with van der Waals surface area (Å²) in [6.07, 6.45) is 4.97. The fraction of sp³-hybridized carbons (Fsp3) is 0.417. The van der Waals surface area contributed by atoms with E-state index in [2.05, 4.69) is 20.2 Å². The lowest BCUT2D eigenvalue weighted by Crippen LogP contribution is -2.24. The summed E-state index contributed by atoms with van der Waals surface area (Å²) in [6.45, 7) is 5.86. The highest BCUT2D eigenvalue weighted by Gasteiger charge is 2.29. The van der Waals surface area contributed by atoms with Gasteiger partial charge in [-0.05, 0) is 50.3 Å². The summed E-state index contributed by atoms with van der Waals surface area (Å²) in [5.74, 6) is 2.37. The van der Waals surface area contributed by atoms with Gasteiger partial charge < -0.3 is 9.26 Å². The van der Waals surface area contributed by atoms with Crippen LogP contribution in [0, 0.1) is 6.92 Å². The number of halogens is 2. The maximum absolute atomic E-state index is 12.7. The summed E-state index contributed by atoms with van der Waals surface area (Å²) in [5.41, 5.74) is 2.41. The van der Waals surface area contributed by atoms with Crippen molar-refractivity contribution >= 4 is 15.7 Å². The van der Waals surface area contributed by atoms with Gasteiger partial charge in [-0.3, -0.25) is 0 Å². The topological polar surface area (TPSA) is 116 Å². The molecular weight excluding hydrogens is 506 g/mol. The van der Waals surface area contributed by atoms with E-state index in [1.807, 2.05) is 13.8 Å². The lowest BCUT2D eigenvalue weighted by Gasteiger charge is -2.27. The zero-order valence-corrected chi connectivity index (χ0v) is 21.3. The number of nitrogens with zero attached hydrogens (tertiary/aromatic N) is 6. The van der Waals surface area contributed by atoms with Crippen molar-refractivity contribution < 1.29 is 26.6 Å². The van der Waals surface area contributed by atoms with E-state index in [1.54, 1.807) is 23.7 Å². The average Bonchev–Trinajstić information content (AvgIpc) is 3.50. The van der Waals surface area contributed by atoms with Gasteiger partial charge in [0.15, 0.2) is 11.5 Å². The van der Waals surface area contributed by atoms with Crippen molar-refractivity contribution in [1.29, 1.82) is 0 Å². The average molecular weight is 533 g/mol. The molecule has 13 heteroatoms. The smallest absolute Gasteiger partial charge is 0.297 e. The van der Waals surface area contributed by atoms with Gasteiger partial charge in [0.2, 0.25) is 11.8 Å². The molecule has 1 fully saturated rings. The first kappa shape index (κ1) is 25.2. The van der Waals surface area contributed by atoms with Crippen LogP contribution in [0.25, 0.3) is 16.8 Å². The Hall–Kier alpha value is -3.45. The molecule has 0 radical (unpaired) electrons. The van der Waals surface area contributed by atoms with Crippen LogP contribution in [0.15, 0.2) is 45.9 Å². The van der Waals surface area contributed by atoms with Crippen molar-refractivity contribution in [2.45, 2.75) is 69.3 Å². The molecule has 37 heavy (non-hydrogen) atoms.